The molecule has 108 valence electrons. The second-order valence-corrected chi connectivity index (χ2v) is 7.68. The topological polar surface area (TPSA) is 54.4 Å². The third-order valence-electron chi connectivity index (χ3n) is 3.59. The Balaban J connectivity index is 2.96. The van der Waals surface area contributed by atoms with Crippen LogP contribution in [0.3, 0.4) is 0 Å². The summed E-state index contributed by atoms with van der Waals surface area (Å²) in [4.78, 5) is 0.340. The maximum Gasteiger partial charge on any atom is 0.181 e. The highest BCUT2D eigenvalue weighted by molar-refractivity contribution is 7.92. The molecule has 0 heterocycles. The summed E-state index contributed by atoms with van der Waals surface area (Å²) in [6.07, 6.45) is 0.684. The maximum atomic E-state index is 12.3. The van der Waals surface area contributed by atoms with Gasteiger partial charge in [0.05, 0.1) is 16.2 Å². The zero-order valence-corrected chi connectivity index (χ0v) is 12.9. The van der Waals surface area contributed by atoms with Crippen LogP contribution in [-0.4, -0.2) is 24.9 Å². The summed E-state index contributed by atoms with van der Waals surface area (Å²) in [5, 5.41) is 8.75. The van der Waals surface area contributed by atoms with E-state index in [1.807, 2.05) is 12.1 Å². The first-order valence-electron chi connectivity index (χ1n) is 6.81. The van der Waals surface area contributed by atoms with E-state index in [0.29, 0.717) is 10.8 Å². The van der Waals surface area contributed by atoms with Crippen molar-refractivity contribution in [1.82, 2.24) is 0 Å². The van der Waals surface area contributed by atoms with Gasteiger partial charge in [-0.1, -0.05) is 26.0 Å². The van der Waals surface area contributed by atoms with Crippen molar-refractivity contribution >= 4 is 9.84 Å². The molecular weight excluding hydrogens is 260 g/mol. The number of hydrogen-bond donors (Lipinski definition) is 1. The predicted molar refractivity (Wildman–Crippen MR) is 78.1 cm³/mol. The van der Waals surface area contributed by atoms with Crippen LogP contribution in [0.25, 0.3) is 0 Å². The number of benzene rings is 1. The van der Waals surface area contributed by atoms with Gasteiger partial charge < -0.3 is 5.11 Å². The SMILES string of the molecule is CCC(C)c1ccc(S(=O)(=O)C(C)CC(C)O)cc1. The average Bonchev–Trinajstić information content (AvgIpc) is 2.37. The van der Waals surface area contributed by atoms with Crippen molar-refractivity contribution in [3.8, 4) is 0 Å². The van der Waals surface area contributed by atoms with Crippen molar-refractivity contribution in [3.05, 3.63) is 29.8 Å². The fourth-order valence-corrected chi connectivity index (χ4v) is 3.57. The Bertz CT molecular complexity index is 489. The van der Waals surface area contributed by atoms with Gasteiger partial charge in [-0.25, -0.2) is 8.42 Å². The molecule has 3 unspecified atom stereocenters. The number of aliphatic hydroxyl groups excluding tert-OH is 1. The molecule has 0 spiro atoms. The van der Waals surface area contributed by atoms with Gasteiger partial charge in [-0.05, 0) is 50.3 Å². The molecule has 0 saturated carbocycles. The normalized spacial score (nSPS) is 16.9. The van der Waals surface area contributed by atoms with Crippen LogP contribution in [0.2, 0.25) is 0 Å². The van der Waals surface area contributed by atoms with E-state index in [0.717, 1.165) is 12.0 Å². The highest BCUT2D eigenvalue weighted by atomic mass is 32.2. The van der Waals surface area contributed by atoms with E-state index in [1.165, 1.54) is 0 Å². The Morgan fingerprint density at radius 1 is 1.11 bits per heavy atom. The molecule has 0 radical (unpaired) electrons. The number of sulfone groups is 1. The number of rotatable bonds is 6. The van der Waals surface area contributed by atoms with Gasteiger partial charge >= 0.3 is 0 Å². The Hall–Kier alpha value is -0.870. The van der Waals surface area contributed by atoms with Gasteiger partial charge in [0.25, 0.3) is 0 Å². The molecule has 1 aromatic carbocycles. The van der Waals surface area contributed by atoms with Gasteiger partial charge in [0.15, 0.2) is 9.84 Å². The van der Waals surface area contributed by atoms with E-state index in [-0.39, 0.29) is 6.42 Å². The van der Waals surface area contributed by atoms with E-state index in [1.54, 1.807) is 26.0 Å². The fourth-order valence-electron chi connectivity index (χ4n) is 2.06. The molecule has 0 saturated heterocycles. The highest BCUT2D eigenvalue weighted by Crippen LogP contribution is 2.23. The van der Waals surface area contributed by atoms with Crippen LogP contribution >= 0.6 is 0 Å². The van der Waals surface area contributed by atoms with Crippen molar-refractivity contribution in [2.24, 2.45) is 0 Å². The van der Waals surface area contributed by atoms with Crippen molar-refractivity contribution in [1.29, 1.82) is 0 Å². The van der Waals surface area contributed by atoms with Gasteiger partial charge in [-0.3, -0.25) is 0 Å². The van der Waals surface area contributed by atoms with Crippen LogP contribution < -0.4 is 0 Å². The van der Waals surface area contributed by atoms with Crippen LogP contribution in [-0.2, 0) is 9.84 Å². The van der Waals surface area contributed by atoms with E-state index in [4.69, 9.17) is 0 Å². The number of aliphatic hydroxyl groups is 1. The minimum absolute atomic E-state index is 0.259. The van der Waals surface area contributed by atoms with E-state index < -0.39 is 21.2 Å². The first kappa shape index (κ1) is 16.2. The fraction of sp³-hybridized carbons (Fsp3) is 0.600. The molecule has 0 aliphatic carbocycles. The van der Waals surface area contributed by atoms with E-state index in [9.17, 15) is 13.5 Å². The van der Waals surface area contributed by atoms with E-state index in [2.05, 4.69) is 13.8 Å². The lowest BCUT2D eigenvalue weighted by atomic mass is 9.99. The maximum absolute atomic E-state index is 12.3. The third-order valence-corrected chi connectivity index (χ3v) is 5.77. The lowest BCUT2D eigenvalue weighted by molar-refractivity contribution is 0.184. The first-order chi connectivity index (χ1) is 8.78. The Morgan fingerprint density at radius 3 is 2.05 bits per heavy atom. The summed E-state index contributed by atoms with van der Waals surface area (Å²) in [6, 6.07) is 7.12. The minimum Gasteiger partial charge on any atom is -0.393 e. The Morgan fingerprint density at radius 2 is 1.63 bits per heavy atom. The zero-order valence-electron chi connectivity index (χ0n) is 12.1. The molecule has 0 bridgehead atoms. The summed E-state index contributed by atoms with van der Waals surface area (Å²) in [6.45, 7) is 7.49. The van der Waals surface area contributed by atoms with Crippen LogP contribution in [0.5, 0.6) is 0 Å². The van der Waals surface area contributed by atoms with Gasteiger partial charge in [0, 0.05) is 0 Å². The minimum atomic E-state index is -3.34. The Labute approximate surface area is 116 Å². The molecule has 0 aromatic heterocycles. The monoisotopic (exact) mass is 284 g/mol. The average molecular weight is 284 g/mol. The number of hydrogen-bond acceptors (Lipinski definition) is 3. The largest absolute Gasteiger partial charge is 0.393 e. The summed E-state index contributed by atoms with van der Waals surface area (Å²) >= 11 is 0. The summed E-state index contributed by atoms with van der Waals surface area (Å²) in [5.41, 5.74) is 1.16. The molecule has 0 aliphatic rings. The standard InChI is InChI=1S/C15H24O3S/c1-5-11(2)14-6-8-15(9-7-14)19(17,18)13(4)10-12(3)16/h6-9,11-13,16H,5,10H2,1-4H3. The molecule has 0 aliphatic heterocycles. The van der Waals surface area contributed by atoms with Crippen molar-refractivity contribution in [2.45, 2.75) is 62.7 Å². The van der Waals surface area contributed by atoms with Gasteiger partial charge in [-0.2, -0.15) is 0 Å². The molecule has 19 heavy (non-hydrogen) atoms. The molecule has 0 amide bonds. The summed E-state index contributed by atoms with van der Waals surface area (Å²) < 4.78 is 24.6. The zero-order chi connectivity index (χ0) is 14.6. The van der Waals surface area contributed by atoms with Crippen LogP contribution in [0, 0.1) is 0 Å². The smallest absolute Gasteiger partial charge is 0.181 e. The predicted octanol–water partition coefficient (Wildman–Crippen LogP) is 3.13. The van der Waals surface area contributed by atoms with Gasteiger partial charge in [0.1, 0.15) is 0 Å². The van der Waals surface area contributed by atoms with Crippen molar-refractivity contribution in [3.63, 3.8) is 0 Å². The second-order valence-electron chi connectivity index (χ2n) is 5.32. The molecule has 1 N–H and O–H groups in total. The first-order valence-corrected chi connectivity index (χ1v) is 8.35. The van der Waals surface area contributed by atoms with Gasteiger partial charge in [-0.15, -0.1) is 0 Å². The van der Waals surface area contributed by atoms with Gasteiger partial charge in [0.2, 0.25) is 0 Å². The lowest BCUT2D eigenvalue weighted by Crippen LogP contribution is -2.22. The summed E-state index contributed by atoms with van der Waals surface area (Å²) in [7, 11) is -3.34. The Kier molecular flexibility index (Phi) is 5.56. The van der Waals surface area contributed by atoms with Crippen molar-refractivity contribution in [2.75, 3.05) is 0 Å². The molecule has 0 fully saturated rings. The molecular formula is C15H24O3S. The van der Waals surface area contributed by atoms with E-state index >= 15 is 0 Å². The van der Waals surface area contributed by atoms with Crippen LogP contribution in [0.1, 0.15) is 52.0 Å². The molecule has 3 nitrogen and oxygen atoms in total. The molecule has 1 aromatic rings. The molecule has 1 rings (SSSR count). The van der Waals surface area contributed by atoms with Crippen LogP contribution in [0.4, 0.5) is 0 Å². The van der Waals surface area contributed by atoms with Crippen molar-refractivity contribution < 1.29 is 13.5 Å². The highest BCUT2D eigenvalue weighted by Gasteiger charge is 2.24. The third kappa shape index (κ3) is 4.05. The van der Waals surface area contributed by atoms with Crippen LogP contribution in [0.15, 0.2) is 29.2 Å². The lowest BCUT2D eigenvalue weighted by Gasteiger charge is -2.15. The molecule has 3 atom stereocenters. The molecule has 4 heteroatoms. The quantitative estimate of drug-likeness (QED) is 0.873. The second kappa shape index (κ2) is 6.53. The summed E-state index contributed by atoms with van der Waals surface area (Å²) in [5.74, 6) is 0.437.